The van der Waals surface area contributed by atoms with E-state index < -0.39 is 0 Å². The number of allylic oxidation sites excluding steroid dienone is 2. The molecule has 58 valence electrons. The van der Waals surface area contributed by atoms with E-state index in [0.717, 1.165) is 5.70 Å². The SMILES string of the molecule is CC(N)=CC=NC(C)(C)C. The van der Waals surface area contributed by atoms with Crippen LogP contribution in [0.25, 0.3) is 0 Å². The first kappa shape index (κ1) is 9.21. The fourth-order valence-corrected chi connectivity index (χ4v) is 0.378. The summed E-state index contributed by atoms with van der Waals surface area (Å²) < 4.78 is 0. The van der Waals surface area contributed by atoms with Crippen LogP contribution in [-0.4, -0.2) is 11.8 Å². The lowest BCUT2D eigenvalue weighted by molar-refractivity contribution is 0.587. The van der Waals surface area contributed by atoms with E-state index in [-0.39, 0.29) is 5.54 Å². The largest absolute Gasteiger partial charge is 0.402 e. The molecule has 0 aromatic heterocycles. The number of nitrogens with two attached hydrogens (primary N) is 1. The molecule has 0 amide bonds. The molecule has 0 bridgehead atoms. The monoisotopic (exact) mass is 140 g/mol. The van der Waals surface area contributed by atoms with Crippen molar-refractivity contribution in [2.24, 2.45) is 10.7 Å². The number of nitrogens with zero attached hydrogens (tertiary/aromatic N) is 1. The van der Waals surface area contributed by atoms with Gasteiger partial charge in [-0.25, -0.2) is 0 Å². The van der Waals surface area contributed by atoms with Crippen LogP contribution in [0.3, 0.4) is 0 Å². The summed E-state index contributed by atoms with van der Waals surface area (Å²) >= 11 is 0. The second-order valence-corrected chi connectivity index (χ2v) is 3.36. The lowest BCUT2D eigenvalue weighted by Gasteiger charge is -2.09. The molecule has 2 heteroatoms. The summed E-state index contributed by atoms with van der Waals surface area (Å²) in [6.07, 6.45) is 3.54. The summed E-state index contributed by atoms with van der Waals surface area (Å²) in [5, 5.41) is 0. The molecular weight excluding hydrogens is 124 g/mol. The summed E-state index contributed by atoms with van der Waals surface area (Å²) in [5.41, 5.74) is 6.18. The fraction of sp³-hybridized carbons (Fsp3) is 0.625. The molecular formula is C8H16N2. The minimum absolute atomic E-state index is 0.00590. The van der Waals surface area contributed by atoms with Crippen molar-refractivity contribution in [3.8, 4) is 0 Å². The molecule has 0 aromatic rings. The Morgan fingerprint density at radius 3 is 2.20 bits per heavy atom. The number of rotatable bonds is 1. The minimum atomic E-state index is 0.00590. The molecule has 0 saturated carbocycles. The molecule has 0 spiro atoms. The van der Waals surface area contributed by atoms with Crippen molar-refractivity contribution < 1.29 is 0 Å². The van der Waals surface area contributed by atoms with E-state index in [9.17, 15) is 0 Å². The molecule has 2 N–H and O–H groups in total. The maximum Gasteiger partial charge on any atom is 0.0524 e. The second kappa shape index (κ2) is 3.40. The van der Waals surface area contributed by atoms with E-state index in [1.165, 1.54) is 0 Å². The van der Waals surface area contributed by atoms with Crippen LogP contribution in [0.2, 0.25) is 0 Å². The fourth-order valence-electron chi connectivity index (χ4n) is 0.378. The van der Waals surface area contributed by atoms with E-state index >= 15 is 0 Å². The van der Waals surface area contributed by atoms with Gasteiger partial charge in [-0.2, -0.15) is 0 Å². The lowest BCUT2D eigenvalue weighted by Crippen LogP contribution is -2.09. The molecule has 0 atom stereocenters. The highest BCUT2D eigenvalue weighted by atomic mass is 14.8. The molecule has 0 rings (SSSR count). The molecule has 10 heavy (non-hydrogen) atoms. The first-order valence-electron chi connectivity index (χ1n) is 3.39. The van der Waals surface area contributed by atoms with Crippen molar-refractivity contribution in [1.29, 1.82) is 0 Å². The van der Waals surface area contributed by atoms with Gasteiger partial charge in [-0.15, -0.1) is 0 Å². The van der Waals surface area contributed by atoms with E-state index in [4.69, 9.17) is 5.73 Å². The molecule has 0 aliphatic carbocycles. The maximum absolute atomic E-state index is 5.39. The van der Waals surface area contributed by atoms with Crippen molar-refractivity contribution in [3.63, 3.8) is 0 Å². The number of hydrogen-bond acceptors (Lipinski definition) is 2. The Morgan fingerprint density at radius 1 is 1.40 bits per heavy atom. The summed E-state index contributed by atoms with van der Waals surface area (Å²) in [6.45, 7) is 7.98. The molecule has 0 aliphatic rings. The van der Waals surface area contributed by atoms with E-state index in [1.54, 1.807) is 12.3 Å². The van der Waals surface area contributed by atoms with Gasteiger partial charge >= 0.3 is 0 Å². The second-order valence-electron chi connectivity index (χ2n) is 3.36. The van der Waals surface area contributed by atoms with Gasteiger partial charge in [0.15, 0.2) is 0 Å². The molecule has 0 fully saturated rings. The summed E-state index contributed by atoms with van der Waals surface area (Å²) in [4.78, 5) is 4.22. The molecule has 2 nitrogen and oxygen atoms in total. The van der Waals surface area contributed by atoms with Gasteiger partial charge in [0.2, 0.25) is 0 Å². The van der Waals surface area contributed by atoms with Crippen LogP contribution in [0.4, 0.5) is 0 Å². The van der Waals surface area contributed by atoms with Gasteiger partial charge in [0.1, 0.15) is 0 Å². The van der Waals surface area contributed by atoms with Crippen LogP contribution in [0.5, 0.6) is 0 Å². The molecule has 0 radical (unpaired) electrons. The first-order valence-corrected chi connectivity index (χ1v) is 3.39. The van der Waals surface area contributed by atoms with Crippen molar-refractivity contribution in [1.82, 2.24) is 0 Å². The zero-order valence-electron chi connectivity index (χ0n) is 7.18. The number of aliphatic imine (C=N–C) groups is 1. The predicted octanol–water partition coefficient (Wildman–Crippen LogP) is 1.72. The van der Waals surface area contributed by atoms with Crippen LogP contribution in [-0.2, 0) is 0 Å². The Balaban J connectivity index is 3.90. The summed E-state index contributed by atoms with van der Waals surface area (Å²) in [6, 6.07) is 0. The van der Waals surface area contributed by atoms with Gasteiger partial charge in [0, 0.05) is 11.9 Å². The highest BCUT2D eigenvalue weighted by molar-refractivity contribution is 5.72. The van der Waals surface area contributed by atoms with Crippen LogP contribution in [0.15, 0.2) is 16.8 Å². The molecule has 0 aromatic carbocycles. The summed E-state index contributed by atoms with van der Waals surface area (Å²) in [7, 11) is 0. The Kier molecular flexibility index (Phi) is 3.13. The predicted molar refractivity (Wildman–Crippen MR) is 46.2 cm³/mol. The van der Waals surface area contributed by atoms with E-state index in [1.807, 2.05) is 27.7 Å². The van der Waals surface area contributed by atoms with Crippen molar-refractivity contribution >= 4 is 6.21 Å². The Bertz CT molecular complexity index is 145. The lowest BCUT2D eigenvalue weighted by atomic mass is 10.1. The van der Waals surface area contributed by atoms with Gasteiger partial charge in [-0.05, 0) is 33.8 Å². The zero-order valence-corrected chi connectivity index (χ0v) is 7.18. The average molecular weight is 140 g/mol. The maximum atomic E-state index is 5.39. The van der Waals surface area contributed by atoms with Gasteiger partial charge in [0.05, 0.1) is 5.54 Å². The van der Waals surface area contributed by atoms with Gasteiger partial charge in [-0.3, -0.25) is 4.99 Å². The Morgan fingerprint density at radius 2 is 1.90 bits per heavy atom. The molecule has 0 aliphatic heterocycles. The Hall–Kier alpha value is -0.790. The zero-order chi connectivity index (χ0) is 8.20. The van der Waals surface area contributed by atoms with Crippen molar-refractivity contribution in [3.05, 3.63) is 11.8 Å². The highest BCUT2D eigenvalue weighted by Gasteiger charge is 2.02. The van der Waals surface area contributed by atoms with Crippen LogP contribution in [0, 0.1) is 0 Å². The standard InChI is InChI=1S/C8H16N2/c1-7(9)5-6-10-8(2,3)4/h5-6H,9H2,1-4H3. The topological polar surface area (TPSA) is 38.4 Å². The van der Waals surface area contributed by atoms with Crippen LogP contribution >= 0.6 is 0 Å². The highest BCUT2D eigenvalue weighted by Crippen LogP contribution is 2.04. The third-order valence-electron chi connectivity index (χ3n) is 0.799. The van der Waals surface area contributed by atoms with E-state index in [0.29, 0.717) is 0 Å². The van der Waals surface area contributed by atoms with Gasteiger partial charge < -0.3 is 5.73 Å². The van der Waals surface area contributed by atoms with E-state index in [2.05, 4.69) is 4.99 Å². The third kappa shape index (κ3) is 7.21. The summed E-state index contributed by atoms with van der Waals surface area (Å²) in [5.74, 6) is 0. The van der Waals surface area contributed by atoms with Gasteiger partial charge in [0.25, 0.3) is 0 Å². The van der Waals surface area contributed by atoms with Crippen LogP contribution in [0.1, 0.15) is 27.7 Å². The smallest absolute Gasteiger partial charge is 0.0524 e. The molecule has 0 heterocycles. The average Bonchev–Trinajstić information content (AvgIpc) is 1.59. The number of hydrogen-bond donors (Lipinski definition) is 1. The Labute approximate surface area is 62.8 Å². The molecule has 0 saturated heterocycles. The van der Waals surface area contributed by atoms with Crippen molar-refractivity contribution in [2.75, 3.05) is 0 Å². The quantitative estimate of drug-likeness (QED) is 0.553. The van der Waals surface area contributed by atoms with Crippen LogP contribution < -0.4 is 5.73 Å². The minimum Gasteiger partial charge on any atom is -0.402 e. The van der Waals surface area contributed by atoms with Crippen molar-refractivity contribution in [2.45, 2.75) is 33.2 Å². The normalized spacial score (nSPS) is 14.6. The third-order valence-corrected chi connectivity index (χ3v) is 0.799. The first-order chi connectivity index (χ1) is 4.42. The molecule has 0 unspecified atom stereocenters. The van der Waals surface area contributed by atoms with Gasteiger partial charge in [-0.1, -0.05) is 0 Å².